The number of amides is 2. The molecule has 2 fully saturated rings. The highest BCUT2D eigenvalue weighted by Gasteiger charge is 2.51. The van der Waals surface area contributed by atoms with E-state index in [0.29, 0.717) is 13.0 Å². The Morgan fingerprint density at radius 2 is 2.19 bits per heavy atom. The lowest BCUT2D eigenvalue weighted by Gasteiger charge is -2.23. The first-order valence-corrected chi connectivity index (χ1v) is 8.14. The zero-order valence-corrected chi connectivity index (χ0v) is 13.1. The van der Waals surface area contributed by atoms with Gasteiger partial charge in [0.25, 0.3) is 0 Å². The smallest absolute Gasteiger partial charge is 0.318 e. The number of hydrogen-bond acceptors (Lipinski definition) is 3. The molecule has 2 aliphatic rings. The van der Waals surface area contributed by atoms with Crippen LogP contribution in [-0.4, -0.2) is 34.1 Å². The van der Waals surface area contributed by atoms with Crippen LogP contribution in [0.15, 0.2) is 6.07 Å². The molecule has 6 heteroatoms. The number of aryl methyl sites for hydroxylation is 2. The number of fused-ring (bicyclic) bond motifs is 2. The molecule has 1 aromatic rings. The van der Waals surface area contributed by atoms with Gasteiger partial charge in [-0.3, -0.25) is 4.79 Å². The van der Waals surface area contributed by atoms with Crippen molar-refractivity contribution in [2.75, 3.05) is 0 Å². The van der Waals surface area contributed by atoms with E-state index in [9.17, 15) is 14.7 Å². The molecule has 0 saturated carbocycles. The van der Waals surface area contributed by atoms with Gasteiger partial charge in [-0.05, 0) is 44.7 Å². The normalized spacial score (nSPS) is 27.1. The molecule has 2 bridgehead atoms. The summed E-state index contributed by atoms with van der Waals surface area (Å²) in [6, 6.07) is 1.95. The van der Waals surface area contributed by atoms with Crippen molar-refractivity contribution < 1.29 is 14.7 Å². The van der Waals surface area contributed by atoms with Gasteiger partial charge in [0.2, 0.25) is 0 Å². The summed E-state index contributed by atoms with van der Waals surface area (Å²) >= 11 is 1.69. The molecule has 114 valence electrons. The maximum absolute atomic E-state index is 12.4. The van der Waals surface area contributed by atoms with Crippen LogP contribution in [0.25, 0.3) is 0 Å². The fraction of sp³-hybridized carbons (Fsp3) is 0.600. The molecule has 3 unspecified atom stereocenters. The third-order valence-corrected chi connectivity index (χ3v) is 5.87. The first-order valence-electron chi connectivity index (χ1n) is 7.32. The number of carbonyl (C=O) groups is 2. The van der Waals surface area contributed by atoms with Gasteiger partial charge in [0.1, 0.15) is 0 Å². The predicted octanol–water partition coefficient (Wildman–Crippen LogP) is 2.51. The first-order chi connectivity index (χ1) is 9.97. The monoisotopic (exact) mass is 308 g/mol. The van der Waals surface area contributed by atoms with Crippen molar-refractivity contribution in [1.29, 1.82) is 0 Å². The van der Waals surface area contributed by atoms with Gasteiger partial charge >= 0.3 is 12.0 Å². The van der Waals surface area contributed by atoms with E-state index in [0.717, 1.165) is 17.7 Å². The Morgan fingerprint density at radius 3 is 2.76 bits per heavy atom. The van der Waals surface area contributed by atoms with E-state index in [4.69, 9.17) is 0 Å². The first kappa shape index (κ1) is 14.4. The van der Waals surface area contributed by atoms with Crippen molar-refractivity contribution in [3.8, 4) is 0 Å². The lowest BCUT2D eigenvalue weighted by Crippen LogP contribution is -2.43. The van der Waals surface area contributed by atoms with Gasteiger partial charge in [-0.2, -0.15) is 0 Å². The van der Waals surface area contributed by atoms with Gasteiger partial charge in [0, 0.05) is 21.8 Å². The molecule has 1 aromatic heterocycles. The second-order valence-electron chi connectivity index (χ2n) is 6.00. The number of carboxylic acid groups (broad SMARTS) is 1. The van der Waals surface area contributed by atoms with Crippen LogP contribution in [-0.2, 0) is 11.3 Å². The van der Waals surface area contributed by atoms with Crippen LogP contribution < -0.4 is 5.32 Å². The minimum absolute atomic E-state index is 0.0999. The molecule has 2 aliphatic heterocycles. The zero-order valence-electron chi connectivity index (χ0n) is 12.3. The molecule has 2 amide bonds. The third-order valence-electron chi connectivity index (χ3n) is 4.72. The number of carbonyl (C=O) groups excluding carboxylic acids is 1. The van der Waals surface area contributed by atoms with Crippen molar-refractivity contribution in [3.63, 3.8) is 0 Å². The van der Waals surface area contributed by atoms with Crippen LogP contribution >= 0.6 is 11.3 Å². The summed E-state index contributed by atoms with van der Waals surface area (Å²) in [5.74, 6) is -1.16. The highest BCUT2D eigenvalue weighted by molar-refractivity contribution is 7.12. The molecule has 0 aromatic carbocycles. The van der Waals surface area contributed by atoms with Crippen LogP contribution in [0.2, 0.25) is 0 Å². The lowest BCUT2D eigenvalue weighted by molar-refractivity contribution is -0.142. The van der Waals surface area contributed by atoms with E-state index < -0.39 is 5.97 Å². The molecule has 3 rings (SSSR count). The van der Waals surface area contributed by atoms with E-state index in [1.165, 1.54) is 10.4 Å². The highest BCUT2D eigenvalue weighted by Crippen LogP contribution is 2.41. The van der Waals surface area contributed by atoms with Gasteiger partial charge in [-0.15, -0.1) is 11.3 Å². The molecular weight excluding hydrogens is 288 g/mol. The molecule has 0 spiro atoms. The summed E-state index contributed by atoms with van der Waals surface area (Å²) in [5, 5.41) is 12.2. The summed E-state index contributed by atoms with van der Waals surface area (Å²) in [5.41, 5.74) is 1.25. The van der Waals surface area contributed by atoms with E-state index in [2.05, 4.69) is 25.2 Å². The molecule has 3 heterocycles. The van der Waals surface area contributed by atoms with Crippen LogP contribution in [0.5, 0.6) is 0 Å². The van der Waals surface area contributed by atoms with Crippen LogP contribution in [0.4, 0.5) is 4.79 Å². The van der Waals surface area contributed by atoms with E-state index in [-0.39, 0.29) is 24.0 Å². The Hall–Kier alpha value is -1.56. The molecule has 2 saturated heterocycles. The topological polar surface area (TPSA) is 69.6 Å². The Labute approximate surface area is 128 Å². The second-order valence-corrected chi connectivity index (χ2v) is 7.34. The minimum atomic E-state index is -0.774. The Kier molecular flexibility index (Phi) is 3.65. The van der Waals surface area contributed by atoms with E-state index >= 15 is 0 Å². The summed E-state index contributed by atoms with van der Waals surface area (Å²) in [6.45, 7) is 4.66. The molecule has 3 atom stereocenters. The molecule has 2 N–H and O–H groups in total. The predicted molar refractivity (Wildman–Crippen MR) is 80.4 cm³/mol. The number of rotatable bonds is 3. The maximum atomic E-state index is 12.4. The molecule has 21 heavy (non-hydrogen) atoms. The minimum Gasteiger partial charge on any atom is -0.481 e. The number of aliphatic carboxylic acids is 1. The number of nitrogens with one attached hydrogen (secondary N) is 1. The quantitative estimate of drug-likeness (QED) is 0.901. The molecule has 0 aliphatic carbocycles. The summed E-state index contributed by atoms with van der Waals surface area (Å²) in [4.78, 5) is 27.8. The van der Waals surface area contributed by atoms with Crippen molar-refractivity contribution in [3.05, 3.63) is 21.4 Å². The molecule has 0 radical (unpaired) electrons. The SMILES string of the molecule is Cc1cc(CNC(=O)N2C3CCC2C(C(=O)O)C3)sc1C. The van der Waals surface area contributed by atoms with E-state index in [1.807, 2.05) is 0 Å². The number of carboxylic acids is 1. The third kappa shape index (κ3) is 2.52. The Bertz CT molecular complexity index is 564. The number of nitrogens with zero attached hydrogens (tertiary/aromatic N) is 1. The van der Waals surface area contributed by atoms with Crippen LogP contribution in [0, 0.1) is 19.8 Å². The van der Waals surface area contributed by atoms with Gasteiger partial charge in [0.05, 0.1) is 12.5 Å². The zero-order chi connectivity index (χ0) is 15.1. The number of hydrogen-bond donors (Lipinski definition) is 2. The van der Waals surface area contributed by atoms with Crippen molar-refractivity contribution in [2.45, 2.75) is 51.7 Å². The summed E-state index contributed by atoms with van der Waals surface area (Å²) in [7, 11) is 0. The highest BCUT2D eigenvalue weighted by atomic mass is 32.1. The average molecular weight is 308 g/mol. The Balaban J connectivity index is 1.62. The number of urea groups is 1. The van der Waals surface area contributed by atoms with Crippen molar-refractivity contribution >= 4 is 23.3 Å². The summed E-state index contributed by atoms with van der Waals surface area (Å²) < 4.78 is 0. The standard InChI is InChI=1S/C15H20N2O3S/c1-8-5-11(21-9(8)2)7-16-15(20)17-10-3-4-13(17)12(6-10)14(18)19/h5,10,12-13H,3-4,6-7H2,1-2H3,(H,16,20)(H,18,19). The van der Waals surface area contributed by atoms with Crippen LogP contribution in [0.3, 0.4) is 0 Å². The fourth-order valence-corrected chi connectivity index (χ4v) is 4.55. The molecule has 5 nitrogen and oxygen atoms in total. The fourth-order valence-electron chi connectivity index (χ4n) is 3.56. The van der Waals surface area contributed by atoms with Crippen LogP contribution in [0.1, 0.15) is 34.6 Å². The maximum Gasteiger partial charge on any atom is 0.318 e. The van der Waals surface area contributed by atoms with Gasteiger partial charge in [0.15, 0.2) is 0 Å². The Morgan fingerprint density at radius 1 is 1.43 bits per heavy atom. The largest absolute Gasteiger partial charge is 0.481 e. The lowest BCUT2D eigenvalue weighted by atomic mass is 9.89. The van der Waals surface area contributed by atoms with Gasteiger partial charge in [-0.1, -0.05) is 0 Å². The average Bonchev–Trinajstić information content (AvgIpc) is 3.09. The van der Waals surface area contributed by atoms with Crippen molar-refractivity contribution in [2.24, 2.45) is 5.92 Å². The van der Waals surface area contributed by atoms with Crippen molar-refractivity contribution in [1.82, 2.24) is 10.2 Å². The number of thiophene rings is 1. The van der Waals surface area contributed by atoms with E-state index in [1.54, 1.807) is 16.2 Å². The summed E-state index contributed by atoms with van der Waals surface area (Å²) in [6.07, 6.45) is 2.34. The van der Waals surface area contributed by atoms with Gasteiger partial charge < -0.3 is 15.3 Å². The van der Waals surface area contributed by atoms with Gasteiger partial charge in [-0.25, -0.2) is 4.79 Å². The molecular formula is C15H20N2O3S. The second kappa shape index (κ2) is 5.33.